The molecule has 0 nitrogen and oxygen atoms in total. The highest BCUT2D eigenvalue weighted by Gasteiger charge is 2.05. The van der Waals surface area contributed by atoms with E-state index in [9.17, 15) is 4.39 Å². The maximum Gasteiger partial charge on any atom is 0.177 e. The van der Waals surface area contributed by atoms with E-state index in [1.807, 2.05) is 6.07 Å². The summed E-state index contributed by atoms with van der Waals surface area (Å²) in [5.74, 6) is 0. The maximum absolute atomic E-state index is 13.0. The first-order valence-electron chi connectivity index (χ1n) is 4.40. The molecule has 0 fully saturated rings. The third-order valence-electron chi connectivity index (χ3n) is 2.40. The number of thiophene rings is 1. The number of halogens is 1. The van der Waals surface area contributed by atoms with Crippen molar-refractivity contribution >= 4 is 21.4 Å². The van der Waals surface area contributed by atoms with Crippen LogP contribution < -0.4 is 0 Å². The summed E-state index contributed by atoms with van der Waals surface area (Å²) in [4.78, 5) is 0. The lowest BCUT2D eigenvalue weighted by atomic mass is 10.1. The summed E-state index contributed by atoms with van der Waals surface area (Å²) in [6.07, 6.45) is 1.02. The van der Waals surface area contributed by atoms with Gasteiger partial charge in [0.25, 0.3) is 0 Å². The molecule has 0 aliphatic rings. The molecular weight excluding hydrogens is 183 g/mol. The molecule has 0 aliphatic heterocycles. The fraction of sp³-hybridized carbons (Fsp3) is 0.273. The van der Waals surface area contributed by atoms with Crippen molar-refractivity contribution in [2.75, 3.05) is 0 Å². The Kier molecular flexibility index (Phi) is 2.08. The molecular formula is C11H11FS. The average molecular weight is 194 g/mol. The molecule has 68 valence electrons. The molecule has 0 amide bonds. The van der Waals surface area contributed by atoms with Gasteiger partial charge in [0, 0.05) is 4.70 Å². The summed E-state index contributed by atoms with van der Waals surface area (Å²) in [5, 5.41) is 0.934. The lowest BCUT2D eigenvalue weighted by Gasteiger charge is -2.02. The van der Waals surface area contributed by atoms with E-state index in [2.05, 4.69) is 19.9 Å². The van der Waals surface area contributed by atoms with Gasteiger partial charge in [0.2, 0.25) is 0 Å². The number of aryl methyl sites for hydroxylation is 2. The summed E-state index contributed by atoms with van der Waals surface area (Å²) in [6.45, 7) is 4.19. The van der Waals surface area contributed by atoms with Gasteiger partial charge in [-0.1, -0.05) is 19.1 Å². The first-order valence-corrected chi connectivity index (χ1v) is 5.21. The summed E-state index contributed by atoms with van der Waals surface area (Å²) in [6, 6.07) is 5.69. The first-order chi connectivity index (χ1) is 6.22. The summed E-state index contributed by atoms with van der Waals surface area (Å²) in [7, 11) is 0. The van der Waals surface area contributed by atoms with Crippen LogP contribution in [0.2, 0.25) is 0 Å². The highest BCUT2D eigenvalue weighted by atomic mass is 32.1. The molecule has 13 heavy (non-hydrogen) atoms. The van der Waals surface area contributed by atoms with Gasteiger partial charge in [0.15, 0.2) is 5.13 Å². The van der Waals surface area contributed by atoms with E-state index in [0.29, 0.717) is 0 Å². The maximum atomic E-state index is 13.0. The van der Waals surface area contributed by atoms with E-state index >= 15 is 0 Å². The molecule has 0 N–H and O–H groups in total. The molecule has 0 unspecified atom stereocenters. The molecule has 0 bridgehead atoms. The van der Waals surface area contributed by atoms with Crippen molar-refractivity contribution in [1.29, 1.82) is 0 Å². The minimum atomic E-state index is -0.0913. The topological polar surface area (TPSA) is 0 Å². The summed E-state index contributed by atoms with van der Waals surface area (Å²) >= 11 is 1.24. The molecule has 2 heteroatoms. The van der Waals surface area contributed by atoms with E-state index in [-0.39, 0.29) is 5.13 Å². The van der Waals surface area contributed by atoms with Crippen LogP contribution in [-0.2, 0) is 6.42 Å². The number of benzene rings is 1. The smallest absolute Gasteiger partial charge is 0.177 e. The van der Waals surface area contributed by atoms with Gasteiger partial charge in [0.1, 0.15) is 0 Å². The minimum Gasteiger partial charge on any atom is -0.195 e. The predicted octanol–water partition coefficient (Wildman–Crippen LogP) is 3.91. The van der Waals surface area contributed by atoms with Crippen LogP contribution in [0.15, 0.2) is 18.2 Å². The van der Waals surface area contributed by atoms with Crippen LogP contribution >= 0.6 is 11.3 Å². The van der Waals surface area contributed by atoms with E-state index in [1.165, 1.54) is 22.5 Å². The second-order valence-electron chi connectivity index (χ2n) is 3.17. The molecule has 0 aliphatic carbocycles. The van der Waals surface area contributed by atoms with Crippen LogP contribution in [0.25, 0.3) is 10.1 Å². The zero-order valence-corrected chi connectivity index (χ0v) is 8.54. The van der Waals surface area contributed by atoms with Gasteiger partial charge >= 0.3 is 0 Å². The third-order valence-corrected chi connectivity index (χ3v) is 3.46. The molecule has 0 radical (unpaired) electrons. The Balaban J connectivity index is 2.78. The number of rotatable bonds is 1. The van der Waals surface area contributed by atoms with Crippen molar-refractivity contribution in [3.63, 3.8) is 0 Å². The Morgan fingerprint density at radius 2 is 2.15 bits per heavy atom. The lowest BCUT2D eigenvalue weighted by Crippen LogP contribution is -1.84. The van der Waals surface area contributed by atoms with E-state index in [0.717, 1.165) is 16.5 Å². The van der Waals surface area contributed by atoms with Crippen LogP contribution in [0.3, 0.4) is 0 Å². The number of hydrogen-bond donors (Lipinski definition) is 0. The van der Waals surface area contributed by atoms with Crippen LogP contribution in [0.1, 0.15) is 18.1 Å². The van der Waals surface area contributed by atoms with E-state index < -0.39 is 0 Å². The quantitative estimate of drug-likeness (QED) is 0.645. The molecule has 2 rings (SSSR count). The van der Waals surface area contributed by atoms with Crippen molar-refractivity contribution in [1.82, 2.24) is 0 Å². The van der Waals surface area contributed by atoms with Crippen molar-refractivity contribution in [2.24, 2.45) is 0 Å². The fourth-order valence-electron chi connectivity index (χ4n) is 1.63. The van der Waals surface area contributed by atoms with Crippen molar-refractivity contribution < 1.29 is 4.39 Å². The number of hydrogen-bond acceptors (Lipinski definition) is 1. The van der Waals surface area contributed by atoms with E-state index in [4.69, 9.17) is 0 Å². The van der Waals surface area contributed by atoms with Crippen molar-refractivity contribution in [2.45, 2.75) is 20.3 Å². The predicted molar refractivity (Wildman–Crippen MR) is 55.9 cm³/mol. The summed E-state index contributed by atoms with van der Waals surface area (Å²) in [5.41, 5.74) is 2.54. The first kappa shape index (κ1) is 8.70. The Morgan fingerprint density at radius 3 is 2.85 bits per heavy atom. The Hall–Kier alpha value is -0.890. The summed E-state index contributed by atoms with van der Waals surface area (Å²) < 4.78 is 14.1. The lowest BCUT2D eigenvalue weighted by molar-refractivity contribution is 0.658. The molecule has 1 aromatic carbocycles. The third kappa shape index (κ3) is 1.35. The largest absolute Gasteiger partial charge is 0.195 e. The Labute approximate surface area is 81.0 Å². The number of fused-ring (bicyclic) bond motifs is 1. The molecule has 1 heterocycles. The van der Waals surface area contributed by atoms with Gasteiger partial charge in [-0.2, -0.15) is 4.39 Å². The van der Waals surface area contributed by atoms with Gasteiger partial charge in [-0.3, -0.25) is 0 Å². The molecule has 0 spiro atoms. The molecule has 2 aromatic rings. The second kappa shape index (κ2) is 3.11. The minimum absolute atomic E-state index is 0.0913. The van der Waals surface area contributed by atoms with Crippen LogP contribution in [-0.4, -0.2) is 0 Å². The fourth-order valence-corrected chi connectivity index (χ4v) is 2.54. The van der Waals surface area contributed by atoms with Gasteiger partial charge in [-0.15, -0.1) is 11.3 Å². The standard InChI is InChI=1S/C11H11FS/c1-3-8-4-5-9-6-10(12)13-11(9)7(8)2/h4-6H,3H2,1-2H3. The second-order valence-corrected chi connectivity index (χ2v) is 4.17. The highest BCUT2D eigenvalue weighted by Crippen LogP contribution is 2.29. The monoisotopic (exact) mass is 194 g/mol. The Bertz CT molecular complexity index is 443. The van der Waals surface area contributed by atoms with Crippen LogP contribution in [0, 0.1) is 12.1 Å². The van der Waals surface area contributed by atoms with Gasteiger partial charge in [0.05, 0.1) is 0 Å². The highest BCUT2D eigenvalue weighted by molar-refractivity contribution is 7.17. The normalized spacial score (nSPS) is 11.0. The van der Waals surface area contributed by atoms with Gasteiger partial charge in [-0.05, 0) is 35.9 Å². The van der Waals surface area contributed by atoms with Gasteiger partial charge in [-0.25, -0.2) is 0 Å². The SMILES string of the molecule is CCc1ccc2cc(F)sc2c1C. The zero-order valence-electron chi connectivity index (χ0n) is 7.73. The molecule has 1 aromatic heterocycles. The Morgan fingerprint density at radius 1 is 1.38 bits per heavy atom. The van der Waals surface area contributed by atoms with Crippen LogP contribution in [0.4, 0.5) is 4.39 Å². The van der Waals surface area contributed by atoms with Crippen LogP contribution in [0.5, 0.6) is 0 Å². The molecule has 0 saturated heterocycles. The zero-order chi connectivity index (χ0) is 9.42. The van der Waals surface area contributed by atoms with Crippen molar-refractivity contribution in [3.05, 3.63) is 34.5 Å². The molecule has 0 saturated carbocycles. The van der Waals surface area contributed by atoms with Crippen molar-refractivity contribution in [3.8, 4) is 0 Å². The molecule has 0 atom stereocenters. The van der Waals surface area contributed by atoms with E-state index in [1.54, 1.807) is 6.07 Å². The average Bonchev–Trinajstić information content (AvgIpc) is 2.47. The van der Waals surface area contributed by atoms with Gasteiger partial charge < -0.3 is 0 Å².